The van der Waals surface area contributed by atoms with Crippen molar-refractivity contribution in [3.63, 3.8) is 0 Å². The first-order valence-corrected chi connectivity index (χ1v) is 5.77. The molecule has 0 saturated heterocycles. The lowest BCUT2D eigenvalue weighted by atomic mass is 9.86. The number of nitrogens with two attached hydrogens (primary N) is 1. The van der Waals surface area contributed by atoms with E-state index in [-0.39, 0.29) is 0 Å². The van der Waals surface area contributed by atoms with E-state index in [0.29, 0.717) is 12.0 Å². The van der Waals surface area contributed by atoms with E-state index in [4.69, 9.17) is 5.73 Å². The van der Waals surface area contributed by atoms with E-state index in [9.17, 15) is 8.78 Å². The molecule has 1 unspecified atom stereocenters. The zero-order valence-electron chi connectivity index (χ0n) is 10.2. The van der Waals surface area contributed by atoms with E-state index >= 15 is 0 Å². The van der Waals surface area contributed by atoms with E-state index in [1.807, 2.05) is 30.3 Å². The van der Waals surface area contributed by atoms with Gasteiger partial charge in [-0.25, -0.2) is 8.78 Å². The van der Waals surface area contributed by atoms with Crippen LogP contribution in [0.15, 0.2) is 48.5 Å². The number of benzene rings is 2. The predicted octanol–water partition coefficient (Wildman–Crippen LogP) is 3.38. The van der Waals surface area contributed by atoms with Gasteiger partial charge in [0.2, 0.25) is 0 Å². The highest BCUT2D eigenvalue weighted by Gasteiger charge is 2.25. The fourth-order valence-corrected chi connectivity index (χ4v) is 2.07. The van der Waals surface area contributed by atoms with Crippen LogP contribution < -0.4 is 5.73 Å². The summed E-state index contributed by atoms with van der Waals surface area (Å²) in [6.07, 6.45) is 0.496. The van der Waals surface area contributed by atoms with Crippen LogP contribution >= 0.6 is 0 Å². The van der Waals surface area contributed by atoms with Crippen LogP contribution in [0.1, 0.15) is 18.1 Å². The Bertz CT molecular complexity index is 535. The molecule has 0 bridgehead atoms. The average Bonchev–Trinajstić information content (AvgIpc) is 2.29. The SMILES string of the molecule is CC(N)(Cc1ccccc1)c1ccc(F)cc1F. The Labute approximate surface area is 105 Å². The Morgan fingerprint density at radius 3 is 2.33 bits per heavy atom. The first-order chi connectivity index (χ1) is 8.49. The van der Waals surface area contributed by atoms with Gasteiger partial charge in [-0.05, 0) is 25.0 Å². The summed E-state index contributed by atoms with van der Waals surface area (Å²) in [5.74, 6) is -1.19. The summed E-state index contributed by atoms with van der Waals surface area (Å²) >= 11 is 0. The Hall–Kier alpha value is -1.74. The van der Waals surface area contributed by atoms with E-state index in [2.05, 4.69) is 0 Å². The molecule has 0 radical (unpaired) electrons. The summed E-state index contributed by atoms with van der Waals surface area (Å²) in [4.78, 5) is 0. The molecule has 0 heterocycles. The summed E-state index contributed by atoms with van der Waals surface area (Å²) in [5, 5.41) is 0. The second-order valence-electron chi connectivity index (χ2n) is 4.70. The molecule has 94 valence electrons. The van der Waals surface area contributed by atoms with Gasteiger partial charge in [-0.1, -0.05) is 36.4 Å². The zero-order valence-corrected chi connectivity index (χ0v) is 10.2. The average molecular weight is 247 g/mol. The van der Waals surface area contributed by atoms with Crippen LogP contribution in [0, 0.1) is 11.6 Å². The Morgan fingerprint density at radius 1 is 1.06 bits per heavy atom. The van der Waals surface area contributed by atoms with Crippen LogP contribution in [0.4, 0.5) is 8.78 Å². The first kappa shape index (κ1) is 12.7. The van der Waals surface area contributed by atoms with Crippen LogP contribution in [0.25, 0.3) is 0 Å². The zero-order chi connectivity index (χ0) is 13.2. The molecule has 2 aromatic carbocycles. The highest BCUT2D eigenvalue weighted by atomic mass is 19.1. The van der Waals surface area contributed by atoms with Crippen LogP contribution in [-0.4, -0.2) is 0 Å². The molecule has 0 aromatic heterocycles. The molecule has 18 heavy (non-hydrogen) atoms. The Balaban J connectivity index is 2.30. The summed E-state index contributed by atoms with van der Waals surface area (Å²) < 4.78 is 26.6. The molecule has 0 spiro atoms. The van der Waals surface area contributed by atoms with Gasteiger partial charge in [0.1, 0.15) is 11.6 Å². The van der Waals surface area contributed by atoms with Gasteiger partial charge in [0.15, 0.2) is 0 Å². The maximum absolute atomic E-state index is 13.7. The first-order valence-electron chi connectivity index (χ1n) is 5.77. The Morgan fingerprint density at radius 2 is 1.72 bits per heavy atom. The van der Waals surface area contributed by atoms with E-state index < -0.39 is 17.2 Å². The lowest BCUT2D eigenvalue weighted by Crippen LogP contribution is -2.36. The summed E-state index contributed by atoms with van der Waals surface area (Å²) in [7, 11) is 0. The molecule has 3 heteroatoms. The van der Waals surface area contributed by atoms with Crippen LogP contribution in [0.2, 0.25) is 0 Å². The van der Waals surface area contributed by atoms with Crippen molar-refractivity contribution in [2.45, 2.75) is 18.9 Å². The minimum absolute atomic E-state index is 0.327. The largest absolute Gasteiger partial charge is 0.321 e. The molecule has 1 atom stereocenters. The molecule has 2 rings (SSSR count). The van der Waals surface area contributed by atoms with Crippen molar-refractivity contribution >= 4 is 0 Å². The molecular weight excluding hydrogens is 232 g/mol. The second-order valence-corrected chi connectivity index (χ2v) is 4.70. The van der Waals surface area contributed by atoms with Gasteiger partial charge < -0.3 is 5.73 Å². The van der Waals surface area contributed by atoms with Crippen molar-refractivity contribution in [1.29, 1.82) is 0 Å². The van der Waals surface area contributed by atoms with Crippen molar-refractivity contribution in [3.05, 3.63) is 71.3 Å². The monoisotopic (exact) mass is 247 g/mol. The molecular formula is C15H15F2N. The van der Waals surface area contributed by atoms with Crippen molar-refractivity contribution in [2.24, 2.45) is 5.73 Å². The van der Waals surface area contributed by atoms with Gasteiger partial charge in [-0.2, -0.15) is 0 Å². The van der Waals surface area contributed by atoms with Gasteiger partial charge in [-0.15, -0.1) is 0 Å². The lowest BCUT2D eigenvalue weighted by Gasteiger charge is -2.26. The van der Waals surface area contributed by atoms with Crippen LogP contribution in [0.5, 0.6) is 0 Å². The molecule has 0 aliphatic carbocycles. The smallest absolute Gasteiger partial charge is 0.131 e. The van der Waals surface area contributed by atoms with E-state index in [1.54, 1.807) is 6.92 Å². The summed E-state index contributed by atoms with van der Waals surface area (Å²) in [5.41, 5.74) is 6.64. The lowest BCUT2D eigenvalue weighted by molar-refractivity contribution is 0.453. The van der Waals surface area contributed by atoms with E-state index in [1.165, 1.54) is 12.1 Å². The molecule has 0 saturated carbocycles. The molecule has 0 fully saturated rings. The normalized spacial score (nSPS) is 14.2. The fraction of sp³-hybridized carbons (Fsp3) is 0.200. The molecule has 0 aliphatic rings. The van der Waals surface area contributed by atoms with Crippen molar-refractivity contribution in [1.82, 2.24) is 0 Å². The van der Waals surface area contributed by atoms with Gasteiger partial charge >= 0.3 is 0 Å². The van der Waals surface area contributed by atoms with Gasteiger partial charge in [0, 0.05) is 17.2 Å². The third kappa shape index (κ3) is 2.74. The van der Waals surface area contributed by atoms with Gasteiger partial charge in [-0.3, -0.25) is 0 Å². The van der Waals surface area contributed by atoms with Crippen molar-refractivity contribution in [2.75, 3.05) is 0 Å². The topological polar surface area (TPSA) is 26.0 Å². The number of rotatable bonds is 3. The van der Waals surface area contributed by atoms with Crippen LogP contribution in [-0.2, 0) is 12.0 Å². The minimum atomic E-state index is -0.862. The third-order valence-electron chi connectivity index (χ3n) is 2.96. The van der Waals surface area contributed by atoms with Crippen molar-refractivity contribution < 1.29 is 8.78 Å². The maximum Gasteiger partial charge on any atom is 0.131 e. The number of halogens is 2. The van der Waals surface area contributed by atoms with Gasteiger partial charge in [0.25, 0.3) is 0 Å². The molecule has 2 aromatic rings. The quantitative estimate of drug-likeness (QED) is 0.884. The van der Waals surface area contributed by atoms with Gasteiger partial charge in [0.05, 0.1) is 0 Å². The number of hydrogen-bond donors (Lipinski definition) is 1. The number of hydrogen-bond acceptors (Lipinski definition) is 1. The van der Waals surface area contributed by atoms with E-state index in [0.717, 1.165) is 11.6 Å². The van der Waals surface area contributed by atoms with Crippen molar-refractivity contribution in [3.8, 4) is 0 Å². The summed E-state index contributed by atoms with van der Waals surface area (Å²) in [6.45, 7) is 1.75. The highest BCUT2D eigenvalue weighted by molar-refractivity contribution is 5.29. The third-order valence-corrected chi connectivity index (χ3v) is 2.96. The highest BCUT2D eigenvalue weighted by Crippen LogP contribution is 2.25. The second kappa shape index (κ2) is 4.86. The standard InChI is InChI=1S/C15H15F2N/c1-15(18,10-11-5-3-2-4-6-11)13-8-7-12(16)9-14(13)17/h2-9H,10,18H2,1H3. The summed E-state index contributed by atoms with van der Waals surface area (Å²) in [6, 6.07) is 13.1. The minimum Gasteiger partial charge on any atom is -0.321 e. The molecule has 2 N–H and O–H groups in total. The maximum atomic E-state index is 13.7. The fourth-order valence-electron chi connectivity index (χ4n) is 2.07. The molecule has 0 amide bonds. The molecule has 0 aliphatic heterocycles. The predicted molar refractivity (Wildman–Crippen MR) is 68.0 cm³/mol. The molecule has 1 nitrogen and oxygen atoms in total. The Kier molecular flexibility index (Phi) is 3.43. The van der Waals surface area contributed by atoms with Crippen LogP contribution in [0.3, 0.4) is 0 Å².